The zero-order chi connectivity index (χ0) is 10.7. The van der Waals surface area contributed by atoms with Gasteiger partial charge in [0.15, 0.2) is 0 Å². The van der Waals surface area contributed by atoms with Gasteiger partial charge in [-0.25, -0.2) is 4.39 Å². The second kappa shape index (κ2) is 4.51. The molecule has 0 radical (unpaired) electrons. The molecule has 1 aromatic rings. The van der Waals surface area contributed by atoms with E-state index in [9.17, 15) is 4.39 Å². The van der Waals surface area contributed by atoms with Crippen molar-refractivity contribution in [1.29, 1.82) is 0 Å². The molecule has 1 heterocycles. The third-order valence-electron chi connectivity index (χ3n) is 2.89. The molecule has 0 aliphatic carbocycles. The quantitative estimate of drug-likeness (QED) is 0.804. The van der Waals surface area contributed by atoms with Crippen LogP contribution in [0.1, 0.15) is 19.3 Å². The van der Waals surface area contributed by atoms with E-state index in [1.807, 2.05) is 13.1 Å². The van der Waals surface area contributed by atoms with Crippen molar-refractivity contribution in [3.8, 4) is 0 Å². The average molecular weight is 208 g/mol. The number of hydrogen-bond donors (Lipinski definition) is 1. The lowest BCUT2D eigenvalue weighted by Gasteiger charge is -2.29. The van der Waals surface area contributed by atoms with Crippen LogP contribution in [-0.4, -0.2) is 20.1 Å². The summed E-state index contributed by atoms with van der Waals surface area (Å²) in [6, 6.07) is 5.15. The van der Waals surface area contributed by atoms with Crippen LogP contribution < -0.4 is 10.2 Å². The van der Waals surface area contributed by atoms with Gasteiger partial charge < -0.3 is 10.2 Å². The lowest BCUT2D eigenvalue weighted by Crippen LogP contribution is -2.29. The normalized spacial score (nSPS) is 16.5. The van der Waals surface area contributed by atoms with E-state index in [1.165, 1.54) is 25.3 Å². The highest BCUT2D eigenvalue weighted by Crippen LogP contribution is 2.24. The highest BCUT2D eigenvalue weighted by molar-refractivity contribution is 5.58. The van der Waals surface area contributed by atoms with E-state index in [4.69, 9.17) is 0 Å². The zero-order valence-corrected chi connectivity index (χ0v) is 9.09. The molecule has 0 amide bonds. The first-order chi connectivity index (χ1) is 7.29. The van der Waals surface area contributed by atoms with Gasteiger partial charge in [0.2, 0.25) is 0 Å². The molecule has 0 aromatic heterocycles. The van der Waals surface area contributed by atoms with Crippen LogP contribution in [0.4, 0.5) is 15.8 Å². The Balaban J connectivity index is 2.22. The van der Waals surface area contributed by atoms with Gasteiger partial charge in [-0.3, -0.25) is 0 Å². The predicted octanol–water partition coefficient (Wildman–Crippen LogP) is 2.86. The molecular formula is C12H17FN2. The highest BCUT2D eigenvalue weighted by Gasteiger charge is 2.12. The maximum absolute atomic E-state index is 13.3. The summed E-state index contributed by atoms with van der Waals surface area (Å²) in [5.41, 5.74) is 1.84. The molecule has 3 heteroatoms. The number of rotatable bonds is 2. The molecule has 82 valence electrons. The largest absolute Gasteiger partial charge is 0.388 e. The van der Waals surface area contributed by atoms with Gasteiger partial charge in [0, 0.05) is 31.5 Å². The van der Waals surface area contributed by atoms with E-state index in [0.29, 0.717) is 0 Å². The first-order valence-electron chi connectivity index (χ1n) is 5.53. The van der Waals surface area contributed by atoms with Crippen molar-refractivity contribution in [3.05, 3.63) is 24.0 Å². The van der Waals surface area contributed by atoms with Crippen LogP contribution in [0.15, 0.2) is 18.2 Å². The van der Waals surface area contributed by atoms with E-state index in [1.54, 1.807) is 6.07 Å². The maximum Gasteiger partial charge on any atom is 0.127 e. The summed E-state index contributed by atoms with van der Waals surface area (Å²) in [5.74, 6) is -0.164. The molecule has 0 bridgehead atoms. The van der Waals surface area contributed by atoms with Gasteiger partial charge in [-0.2, -0.15) is 0 Å². The van der Waals surface area contributed by atoms with Crippen molar-refractivity contribution in [3.63, 3.8) is 0 Å². The highest BCUT2D eigenvalue weighted by atomic mass is 19.1. The molecule has 1 N–H and O–H groups in total. The van der Waals surface area contributed by atoms with Crippen molar-refractivity contribution in [2.75, 3.05) is 30.4 Å². The minimum atomic E-state index is -0.164. The summed E-state index contributed by atoms with van der Waals surface area (Å²) < 4.78 is 13.3. The fourth-order valence-corrected chi connectivity index (χ4v) is 2.05. The molecule has 1 aliphatic heterocycles. The van der Waals surface area contributed by atoms with Crippen LogP contribution >= 0.6 is 0 Å². The number of anilines is 2. The molecular weight excluding hydrogens is 191 g/mol. The van der Waals surface area contributed by atoms with Gasteiger partial charge in [-0.05, 0) is 37.5 Å². The van der Waals surface area contributed by atoms with E-state index in [2.05, 4.69) is 10.2 Å². The molecule has 0 unspecified atom stereocenters. The molecule has 1 saturated heterocycles. The zero-order valence-electron chi connectivity index (χ0n) is 9.09. The molecule has 2 rings (SSSR count). The standard InChI is InChI=1S/C12H17FN2/c1-14-11-7-10(13)8-12(9-11)15-5-3-2-4-6-15/h7-9,14H,2-6H2,1H3. The molecule has 1 aliphatic rings. The van der Waals surface area contributed by atoms with Gasteiger partial charge >= 0.3 is 0 Å². The number of nitrogens with zero attached hydrogens (tertiary/aromatic N) is 1. The van der Waals surface area contributed by atoms with E-state index in [-0.39, 0.29) is 5.82 Å². The summed E-state index contributed by atoms with van der Waals surface area (Å²) >= 11 is 0. The van der Waals surface area contributed by atoms with Gasteiger partial charge in [0.25, 0.3) is 0 Å². The minimum Gasteiger partial charge on any atom is -0.388 e. The average Bonchev–Trinajstić information content (AvgIpc) is 2.29. The smallest absolute Gasteiger partial charge is 0.127 e. The summed E-state index contributed by atoms with van der Waals surface area (Å²) in [7, 11) is 1.81. The summed E-state index contributed by atoms with van der Waals surface area (Å²) in [6.07, 6.45) is 3.72. The molecule has 0 atom stereocenters. The Bertz CT molecular complexity index is 332. The first kappa shape index (κ1) is 10.3. The van der Waals surface area contributed by atoms with Crippen LogP contribution in [0.2, 0.25) is 0 Å². The Labute approximate surface area is 90.1 Å². The third kappa shape index (κ3) is 2.41. The van der Waals surface area contributed by atoms with Crippen molar-refractivity contribution in [2.45, 2.75) is 19.3 Å². The van der Waals surface area contributed by atoms with Crippen molar-refractivity contribution in [2.24, 2.45) is 0 Å². The lowest BCUT2D eigenvalue weighted by atomic mass is 10.1. The van der Waals surface area contributed by atoms with Gasteiger partial charge in [-0.15, -0.1) is 0 Å². The topological polar surface area (TPSA) is 15.3 Å². The Morgan fingerprint density at radius 3 is 2.53 bits per heavy atom. The second-order valence-corrected chi connectivity index (χ2v) is 4.00. The lowest BCUT2D eigenvalue weighted by molar-refractivity contribution is 0.574. The SMILES string of the molecule is CNc1cc(F)cc(N2CCCCC2)c1. The third-order valence-corrected chi connectivity index (χ3v) is 2.89. The van der Waals surface area contributed by atoms with Crippen LogP contribution in [0.5, 0.6) is 0 Å². The second-order valence-electron chi connectivity index (χ2n) is 4.00. The van der Waals surface area contributed by atoms with Crippen molar-refractivity contribution in [1.82, 2.24) is 0 Å². The van der Waals surface area contributed by atoms with Crippen LogP contribution in [-0.2, 0) is 0 Å². The van der Waals surface area contributed by atoms with E-state index >= 15 is 0 Å². The Kier molecular flexibility index (Phi) is 3.09. The fourth-order valence-electron chi connectivity index (χ4n) is 2.05. The van der Waals surface area contributed by atoms with Crippen LogP contribution in [0.25, 0.3) is 0 Å². The Morgan fingerprint density at radius 2 is 1.87 bits per heavy atom. The Morgan fingerprint density at radius 1 is 1.13 bits per heavy atom. The number of nitrogens with one attached hydrogen (secondary N) is 1. The predicted molar refractivity (Wildman–Crippen MR) is 62.0 cm³/mol. The molecule has 2 nitrogen and oxygen atoms in total. The van der Waals surface area contributed by atoms with Crippen LogP contribution in [0.3, 0.4) is 0 Å². The molecule has 0 saturated carbocycles. The summed E-state index contributed by atoms with van der Waals surface area (Å²) in [4.78, 5) is 2.26. The number of benzene rings is 1. The molecule has 1 fully saturated rings. The number of halogens is 1. The van der Waals surface area contributed by atoms with Crippen molar-refractivity contribution >= 4 is 11.4 Å². The van der Waals surface area contributed by atoms with Gasteiger partial charge in [0.05, 0.1) is 0 Å². The maximum atomic E-state index is 13.3. The number of hydrogen-bond acceptors (Lipinski definition) is 2. The van der Waals surface area contributed by atoms with Crippen LogP contribution in [0, 0.1) is 5.82 Å². The van der Waals surface area contributed by atoms with Gasteiger partial charge in [-0.1, -0.05) is 0 Å². The molecule has 1 aromatic carbocycles. The van der Waals surface area contributed by atoms with E-state index in [0.717, 1.165) is 24.5 Å². The fraction of sp³-hybridized carbons (Fsp3) is 0.500. The van der Waals surface area contributed by atoms with Crippen molar-refractivity contribution < 1.29 is 4.39 Å². The molecule has 0 spiro atoms. The minimum absolute atomic E-state index is 0.164. The molecule has 15 heavy (non-hydrogen) atoms. The first-order valence-corrected chi connectivity index (χ1v) is 5.53. The Hall–Kier alpha value is -1.25. The monoisotopic (exact) mass is 208 g/mol. The number of piperidine rings is 1. The van der Waals surface area contributed by atoms with E-state index < -0.39 is 0 Å². The summed E-state index contributed by atoms with van der Waals surface area (Å²) in [6.45, 7) is 2.10. The summed E-state index contributed by atoms with van der Waals surface area (Å²) in [5, 5.41) is 2.98. The van der Waals surface area contributed by atoms with Gasteiger partial charge in [0.1, 0.15) is 5.82 Å².